The van der Waals surface area contributed by atoms with E-state index in [2.05, 4.69) is 48.5 Å². The second-order valence-corrected chi connectivity index (χ2v) is 20.2. The van der Waals surface area contributed by atoms with E-state index in [1.807, 2.05) is 37.5 Å². The summed E-state index contributed by atoms with van der Waals surface area (Å²) in [4.78, 5) is 81.5. The number of ether oxygens (including phenoxy) is 2. The van der Waals surface area contributed by atoms with Crippen molar-refractivity contribution in [2.24, 2.45) is 39.1 Å². The van der Waals surface area contributed by atoms with Gasteiger partial charge in [0, 0.05) is 48.3 Å². The van der Waals surface area contributed by atoms with Crippen molar-refractivity contribution in [3.05, 3.63) is 70.8 Å². The molecule has 2 aliphatic carbocycles. The Balaban J connectivity index is 0.978. The molecule has 0 bridgehead atoms. The summed E-state index contributed by atoms with van der Waals surface area (Å²) >= 11 is 0. The fraction of sp³-hybridized carbons (Fsp3) is 0.537. The van der Waals surface area contributed by atoms with Crippen molar-refractivity contribution < 1.29 is 33.4 Å². The van der Waals surface area contributed by atoms with Gasteiger partial charge in [0.15, 0.2) is 5.78 Å². The summed E-state index contributed by atoms with van der Waals surface area (Å²) in [7, 11) is 2.73. The van der Waals surface area contributed by atoms with Crippen molar-refractivity contribution in [3.8, 4) is 22.3 Å². The van der Waals surface area contributed by atoms with Crippen LogP contribution in [-0.2, 0) is 47.9 Å². The molecular weight excluding hydrogens is 817 g/mol. The lowest BCUT2D eigenvalue weighted by Crippen LogP contribution is -2.45. The van der Waals surface area contributed by atoms with Crippen molar-refractivity contribution in [3.63, 3.8) is 0 Å². The summed E-state index contributed by atoms with van der Waals surface area (Å²) < 4.78 is 9.89. The Hall–Kier alpha value is -5.45. The van der Waals surface area contributed by atoms with E-state index in [0.29, 0.717) is 25.9 Å². The highest BCUT2D eigenvalue weighted by atomic mass is 16.5. The molecule has 11 heteroatoms. The predicted octanol–water partition coefficient (Wildman–Crippen LogP) is 9.62. The number of esters is 2. The zero-order valence-electron chi connectivity index (χ0n) is 39.0. The van der Waals surface area contributed by atoms with E-state index >= 15 is 0 Å². The van der Waals surface area contributed by atoms with E-state index in [1.165, 1.54) is 14.2 Å². The maximum atomic E-state index is 15.0. The van der Waals surface area contributed by atoms with Crippen LogP contribution < -0.4 is 0 Å². The molecule has 3 aromatic carbocycles. The van der Waals surface area contributed by atoms with Crippen molar-refractivity contribution in [2.75, 3.05) is 27.3 Å². The molecule has 2 amide bonds. The third kappa shape index (κ3) is 8.26. The molecule has 6 aliphatic rings. The molecule has 1 spiro atoms. The Bertz CT molecular complexity index is 2490. The second kappa shape index (κ2) is 18.1. The highest BCUT2D eigenvalue weighted by Crippen LogP contribution is 2.52. The first kappa shape index (κ1) is 44.7. The number of hydrogen-bond donors (Lipinski definition) is 0. The van der Waals surface area contributed by atoms with E-state index in [4.69, 9.17) is 19.5 Å². The van der Waals surface area contributed by atoms with Gasteiger partial charge in [-0.25, -0.2) is 0 Å². The number of nitrogens with zero attached hydrogens (tertiary/aromatic N) is 4. The standard InChI is InChI=1S/C54H64N4O7/c1-31(2)39(28-48(59)64-5)52(62)57-22-10-12-46(57)44-26-35-24-33(14-18-42(35)55-44)37-16-17-38(50-41(37)30-54(51(50)61)20-8-7-9-21-54)34-15-19-43-36(25-34)27-45(56-43)47-13-11-23-58(47)53(63)40(32(3)4)29-49(60)65-6/h14-19,24-25,31-32,39-40,46-47H,7-13,20-23,26-30H2,1-6H3/t39-,40-,46-,47-/m0/s1. The van der Waals surface area contributed by atoms with Crippen LogP contribution in [0.2, 0.25) is 0 Å². The SMILES string of the molecule is COC(=O)C[C@H](C(=O)N1CCC[C@H]1C1=Nc2ccc(-c3ccc(-c4ccc5c(c4)CC([C@@H]4CCCN4C(=O)[C@@H](CC(=O)OC)C(C)C)=N5)c4c3CC3(CCCCC3)C4=O)cc2C1)C(C)C. The Morgan fingerprint density at radius 1 is 0.662 bits per heavy atom. The van der Waals surface area contributed by atoms with Crippen LogP contribution in [0.1, 0.15) is 125 Å². The summed E-state index contributed by atoms with van der Waals surface area (Å²) in [5.74, 6) is -1.35. The minimum Gasteiger partial charge on any atom is -0.469 e. The number of Topliss-reactive ketones (excluding diaryl/α,β-unsaturated/α-hetero) is 1. The molecule has 0 N–H and O–H groups in total. The number of carbonyl (C=O) groups excluding carboxylic acids is 5. The molecule has 0 radical (unpaired) electrons. The second-order valence-electron chi connectivity index (χ2n) is 20.2. The first-order valence-electron chi connectivity index (χ1n) is 24.2. The van der Waals surface area contributed by atoms with Crippen LogP contribution in [0, 0.1) is 29.1 Å². The molecule has 4 aliphatic heterocycles. The smallest absolute Gasteiger partial charge is 0.306 e. The highest BCUT2D eigenvalue weighted by Gasteiger charge is 2.48. The Morgan fingerprint density at radius 2 is 1.14 bits per heavy atom. The first-order valence-corrected chi connectivity index (χ1v) is 24.2. The Morgan fingerprint density at radius 3 is 1.62 bits per heavy atom. The average molecular weight is 881 g/mol. The van der Waals surface area contributed by atoms with Gasteiger partial charge in [-0.15, -0.1) is 0 Å². The number of likely N-dealkylation sites (tertiary alicyclic amines) is 2. The van der Waals surface area contributed by atoms with Crippen LogP contribution in [0.3, 0.4) is 0 Å². The highest BCUT2D eigenvalue weighted by molar-refractivity contribution is 6.12. The molecule has 0 aromatic heterocycles. The first-order chi connectivity index (χ1) is 31.3. The normalized spacial score (nSPS) is 21.6. The number of methoxy groups -OCH3 is 2. The fourth-order valence-electron chi connectivity index (χ4n) is 12.0. The molecular formula is C54H64N4O7. The van der Waals surface area contributed by atoms with Gasteiger partial charge in [0.05, 0.1) is 62.4 Å². The van der Waals surface area contributed by atoms with E-state index in [-0.39, 0.29) is 71.7 Å². The molecule has 342 valence electrons. The number of amides is 2. The van der Waals surface area contributed by atoms with Gasteiger partial charge in [-0.05, 0) is 120 Å². The number of hydrogen-bond acceptors (Lipinski definition) is 9. The largest absolute Gasteiger partial charge is 0.469 e. The molecule has 4 heterocycles. The minimum atomic E-state index is -0.444. The number of fused-ring (bicyclic) bond motifs is 3. The number of benzene rings is 3. The summed E-state index contributed by atoms with van der Waals surface area (Å²) in [6, 6.07) is 17.0. The van der Waals surface area contributed by atoms with Gasteiger partial charge in [0.25, 0.3) is 0 Å². The van der Waals surface area contributed by atoms with Crippen molar-refractivity contribution in [1.29, 1.82) is 0 Å². The van der Waals surface area contributed by atoms with Crippen LogP contribution >= 0.6 is 0 Å². The van der Waals surface area contributed by atoms with E-state index in [0.717, 1.165) is 132 Å². The maximum Gasteiger partial charge on any atom is 0.306 e. The number of aliphatic imine (C=N–C) groups is 2. The van der Waals surface area contributed by atoms with Gasteiger partial charge < -0.3 is 19.3 Å². The van der Waals surface area contributed by atoms with Gasteiger partial charge >= 0.3 is 11.9 Å². The number of ketones is 1. The van der Waals surface area contributed by atoms with Crippen LogP contribution in [-0.4, -0.2) is 90.2 Å². The van der Waals surface area contributed by atoms with Crippen LogP contribution in [0.15, 0.2) is 58.5 Å². The maximum absolute atomic E-state index is 15.0. The minimum absolute atomic E-state index is 0.00126. The summed E-state index contributed by atoms with van der Waals surface area (Å²) in [6.45, 7) is 9.24. The van der Waals surface area contributed by atoms with E-state index in [1.54, 1.807) is 0 Å². The van der Waals surface area contributed by atoms with Crippen LogP contribution in [0.25, 0.3) is 22.3 Å². The average Bonchev–Trinajstić information content (AvgIpc) is 4.16. The van der Waals surface area contributed by atoms with Gasteiger partial charge in [-0.2, -0.15) is 0 Å². The van der Waals surface area contributed by atoms with Gasteiger partial charge in [-0.3, -0.25) is 34.0 Å². The monoisotopic (exact) mass is 880 g/mol. The number of rotatable bonds is 12. The lowest BCUT2D eigenvalue weighted by molar-refractivity contribution is -0.148. The van der Waals surface area contributed by atoms with Crippen molar-refractivity contribution in [2.45, 2.75) is 130 Å². The summed E-state index contributed by atoms with van der Waals surface area (Å²) in [5.41, 5.74) is 11.8. The third-order valence-electron chi connectivity index (χ3n) is 15.7. The summed E-state index contributed by atoms with van der Waals surface area (Å²) in [6.07, 6.45) is 10.7. The fourth-order valence-corrected chi connectivity index (χ4v) is 12.0. The van der Waals surface area contributed by atoms with Crippen molar-refractivity contribution in [1.82, 2.24) is 9.80 Å². The van der Waals surface area contributed by atoms with Gasteiger partial charge in [0.2, 0.25) is 11.8 Å². The molecule has 0 unspecified atom stereocenters. The van der Waals surface area contributed by atoms with E-state index in [9.17, 15) is 24.0 Å². The summed E-state index contributed by atoms with van der Waals surface area (Å²) in [5, 5.41) is 0. The van der Waals surface area contributed by atoms with E-state index < -0.39 is 11.8 Å². The topological polar surface area (TPSA) is 135 Å². The predicted molar refractivity (Wildman–Crippen MR) is 252 cm³/mol. The Labute approximate surface area is 383 Å². The Kier molecular flexibility index (Phi) is 12.4. The molecule has 65 heavy (non-hydrogen) atoms. The zero-order chi connectivity index (χ0) is 45.7. The number of carbonyl (C=O) groups is 5. The lowest BCUT2D eigenvalue weighted by Gasteiger charge is -2.31. The van der Waals surface area contributed by atoms with Gasteiger partial charge in [-0.1, -0.05) is 71.2 Å². The quantitative estimate of drug-likeness (QED) is 0.165. The lowest BCUT2D eigenvalue weighted by atomic mass is 9.71. The third-order valence-corrected chi connectivity index (χ3v) is 15.7. The molecule has 4 atom stereocenters. The molecule has 9 rings (SSSR count). The zero-order valence-corrected chi connectivity index (χ0v) is 39.0. The molecule has 3 fully saturated rings. The van der Waals surface area contributed by atoms with Crippen LogP contribution in [0.5, 0.6) is 0 Å². The molecule has 11 nitrogen and oxygen atoms in total. The molecule has 2 saturated heterocycles. The molecule has 1 saturated carbocycles. The van der Waals surface area contributed by atoms with Gasteiger partial charge in [0.1, 0.15) is 0 Å². The van der Waals surface area contributed by atoms with Crippen LogP contribution in [0.4, 0.5) is 11.4 Å². The van der Waals surface area contributed by atoms with Crippen molar-refractivity contribution >= 4 is 52.3 Å². The molecule has 3 aromatic rings.